The van der Waals surface area contributed by atoms with Crippen LogP contribution >= 0.6 is 0 Å². The fourth-order valence-corrected chi connectivity index (χ4v) is 1.11. The Bertz CT molecular complexity index is 424. The Balaban J connectivity index is 2.96. The average Bonchev–Trinajstić information content (AvgIpc) is 2.28. The maximum Gasteiger partial charge on any atom is 0.433 e. The highest BCUT2D eigenvalue weighted by atomic mass is 19.4. The van der Waals surface area contributed by atoms with Gasteiger partial charge in [-0.2, -0.15) is 18.4 Å². The molecule has 17 heavy (non-hydrogen) atoms. The zero-order chi connectivity index (χ0) is 12.9. The van der Waals surface area contributed by atoms with Crippen molar-refractivity contribution < 1.29 is 17.9 Å². The van der Waals surface area contributed by atoms with Crippen molar-refractivity contribution in [1.29, 1.82) is 5.26 Å². The van der Waals surface area contributed by atoms with Gasteiger partial charge in [-0.05, 0) is 18.6 Å². The van der Waals surface area contributed by atoms with Gasteiger partial charge in [0, 0.05) is 0 Å². The van der Waals surface area contributed by atoms with E-state index in [1.807, 2.05) is 6.92 Å². The quantitative estimate of drug-likeness (QED) is 0.764. The van der Waals surface area contributed by atoms with Crippen molar-refractivity contribution in [3.8, 4) is 11.9 Å². The largest absolute Gasteiger partial charge is 0.477 e. The number of unbranched alkanes of at least 4 members (excludes halogenated alkanes) is 1. The van der Waals surface area contributed by atoms with Gasteiger partial charge in [0.1, 0.15) is 17.3 Å². The molecular formula is C11H11F3N2O. The molecule has 0 aliphatic rings. The van der Waals surface area contributed by atoms with E-state index in [1.165, 1.54) is 0 Å². The third kappa shape index (κ3) is 3.63. The van der Waals surface area contributed by atoms with Gasteiger partial charge < -0.3 is 4.74 Å². The van der Waals surface area contributed by atoms with Crippen LogP contribution in [-0.4, -0.2) is 11.6 Å². The van der Waals surface area contributed by atoms with E-state index >= 15 is 0 Å². The summed E-state index contributed by atoms with van der Waals surface area (Å²) in [7, 11) is 0. The first-order chi connectivity index (χ1) is 7.99. The molecule has 0 aliphatic heterocycles. The van der Waals surface area contributed by atoms with Crippen molar-refractivity contribution in [1.82, 2.24) is 4.98 Å². The number of hydrogen-bond acceptors (Lipinski definition) is 3. The summed E-state index contributed by atoms with van der Waals surface area (Å²) in [4.78, 5) is 3.32. The molecule has 0 atom stereocenters. The lowest BCUT2D eigenvalue weighted by molar-refractivity contribution is -0.141. The SMILES string of the molecule is CCCCOc1nc(C(F)(F)F)ccc1C#N. The summed E-state index contributed by atoms with van der Waals surface area (Å²) in [6.45, 7) is 2.17. The van der Waals surface area contributed by atoms with Gasteiger partial charge in [0.15, 0.2) is 0 Å². The number of halogens is 3. The summed E-state index contributed by atoms with van der Waals surface area (Å²) in [6, 6.07) is 3.58. The zero-order valence-corrected chi connectivity index (χ0v) is 9.21. The predicted octanol–water partition coefficient (Wildman–Crippen LogP) is 3.15. The predicted molar refractivity (Wildman–Crippen MR) is 54.4 cm³/mol. The molecule has 0 unspecified atom stereocenters. The molecule has 0 spiro atoms. The Morgan fingerprint density at radius 1 is 1.41 bits per heavy atom. The summed E-state index contributed by atoms with van der Waals surface area (Å²) in [6.07, 6.45) is -2.99. The van der Waals surface area contributed by atoms with Gasteiger partial charge >= 0.3 is 6.18 Å². The topological polar surface area (TPSA) is 45.9 Å². The summed E-state index contributed by atoms with van der Waals surface area (Å²) < 4.78 is 42.2. The third-order valence-electron chi connectivity index (χ3n) is 2.01. The van der Waals surface area contributed by atoms with E-state index in [1.54, 1.807) is 6.07 Å². The van der Waals surface area contributed by atoms with Crippen LogP contribution in [0.25, 0.3) is 0 Å². The first-order valence-corrected chi connectivity index (χ1v) is 5.10. The van der Waals surface area contributed by atoms with Gasteiger partial charge in [-0.15, -0.1) is 0 Å². The lowest BCUT2D eigenvalue weighted by Gasteiger charge is -2.10. The molecule has 0 aromatic carbocycles. The molecule has 1 heterocycles. The number of aromatic nitrogens is 1. The summed E-state index contributed by atoms with van der Waals surface area (Å²) in [5, 5.41) is 8.72. The number of nitrogens with zero attached hydrogens (tertiary/aromatic N) is 2. The minimum absolute atomic E-state index is 0.00843. The third-order valence-corrected chi connectivity index (χ3v) is 2.01. The lowest BCUT2D eigenvalue weighted by atomic mass is 10.2. The normalized spacial score (nSPS) is 11.0. The molecule has 0 amide bonds. The first kappa shape index (κ1) is 13.3. The molecule has 1 aromatic heterocycles. The second-order valence-corrected chi connectivity index (χ2v) is 3.36. The minimum Gasteiger partial charge on any atom is -0.477 e. The van der Waals surface area contributed by atoms with Crippen LogP contribution in [0.5, 0.6) is 5.88 Å². The Labute approximate surface area is 96.8 Å². The van der Waals surface area contributed by atoms with Gasteiger partial charge in [0.2, 0.25) is 5.88 Å². The molecule has 0 fully saturated rings. The Morgan fingerprint density at radius 2 is 2.12 bits per heavy atom. The van der Waals surface area contributed by atoms with Gasteiger partial charge in [0.25, 0.3) is 0 Å². The maximum absolute atomic E-state index is 12.4. The van der Waals surface area contributed by atoms with Crippen molar-refractivity contribution in [2.75, 3.05) is 6.61 Å². The highest BCUT2D eigenvalue weighted by Gasteiger charge is 2.33. The smallest absolute Gasteiger partial charge is 0.433 e. The fourth-order valence-electron chi connectivity index (χ4n) is 1.11. The second-order valence-electron chi connectivity index (χ2n) is 3.36. The first-order valence-electron chi connectivity index (χ1n) is 5.10. The molecule has 1 aromatic rings. The van der Waals surface area contributed by atoms with Crippen LogP contribution in [0.3, 0.4) is 0 Å². The fraction of sp³-hybridized carbons (Fsp3) is 0.455. The number of nitriles is 1. The second kappa shape index (κ2) is 5.53. The number of alkyl halides is 3. The van der Waals surface area contributed by atoms with E-state index in [0.29, 0.717) is 6.42 Å². The van der Waals surface area contributed by atoms with E-state index in [0.717, 1.165) is 18.6 Å². The Morgan fingerprint density at radius 3 is 2.65 bits per heavy atom. The number of pyridine rings is 1. The van der Waals surface area contributed by atoms with Crippen molar-refractivity contribution >= 4 is 0 Å². The molecule has 0 radical (unpaired) electrons. The van der Waals surface area contributed by atoms with E-state index in [2.05, 4.69) is 4.98 Å². The van der Waals surface area contributed by atoms with E-state index in [4.69, 9.17) is 10.00 Å². The van der Waals surface area contributed by atoms with Crippen LogP contribution < -0.4 is 4.74 Å². The van der Waals surface area contributed by atoms with E-state index in [-0.39, 0.29) is 18.1 Å². The maximum atomic E-state index is 12.4. The van der Waals surface area contributed by atoms with Crippen molar-refractivity contribution in [3.63, 3.8) is 0 Å². The minimum atomic E-state index is -4.53. The molecule has 1 rings (SSSR count). The monoisotopic (exact) mass is 244 g/mol. The van der Waals surface area contributed by atoms with Crippen LogP contribution in [0.1, 0.15) is 31.0 Å². The summed E-state index contributed by atoms with van der Waals surface area (Å²) in [5.41, 5.74) is -1.04. The molecule has 6 heteroatoms. The molecular weight excluding hydrogens is 233 g/mol. The standard InChI is InChI=1S/C11H11F3N2O/c1-2-3-6-17-10-8(7-15)4-5-9(16-10)11(12,13)14/h4-5H,2-3,6H2,1H3. The molecule has 92 valence electrons. The molecule has 0 saturated heterocycles. The highest BCUT2D eigenvalue weighted by Crippen LogP contribution is 2.30. The lowest BCUT2D eigenvalue weighted by Crippen LogP contribution is -2.10. The number of hydrogen-bond donors (Lipinski definition) is 0. The van der Waals surface area contributed by atoms with Crippen LogP contribution in [0.2, 0.25) is 0 Å². The Kier molecular flexibility index (Phi) is 4.32. The number of rotatable bonds is 4. The van der Waals surface area contributed by atoms with Gasteiger partial charge in [0.05, 0.1) is 6.61 Å². The van der Waals surface area contributed by atoms with Crippen molar-refractivity contribution in [3.05, 3.63) is 23.4 Å². The van der Waals surface area contributed by atoms with Gasteiger partial charge in [-0.25, -0.2) is 4.98 Å². The van der Waals surface area contributed by atoms with E-state index < -0.39 is 11.9 Å². The van der Waals surface area contributed by atoms with Crippen LogP contribution in [0.15, 0.2) is 12.1 Å². The molecule has 0 aliphatic carbocycles. The highest BCUT2D eigenvalue weighted by molar-refractivity contribution is 5.39. The van der Waals surface area contributed by atoms with Gasteiger partial charge in [-0.3, -0.25) is 0 Å². The van der Waals surface area contributed by atoms with Crippen molar-refractivity contribution in [2.24, 2.45) is 0 Å². The summed E-state index contributed by atoms with van der Waals surface area (Å²) in [5.74, 6) is -0.254. The van der Waals surface area contributed by atoms with Crippen LogP contribution in [-0.2, 0) is 6.18 Å². The zero-order valence-electron chi connectivity index (χ0n) is 9.21. The summed E-state index contributed by atoms with van der Waals surface area (Å²) >= 11 is 0. The van der Waals surface area contributed by atoms with Crippen LogP contribution in [0, 0.1) is 11.3 Å². The van der Waals surface area contributed by atoms with Gasteiger partial charge in [-0.1, -0.05) is 13.3 Å². The molecule has 0 bridgehead atoms. The van der Waals surface area contributed by atoms with Crippen molar-refractivity contribution in [2.45, 2.75) is 25.9 Å². The van der Waals surface area contributed by atoms with Crippen LogP contribution in [0.4, 0.5) is 13.2 Å². The average molecular weight is 244 g/mol. The Hall–Kier alpha value is -1.77. The molecule has 3 nitrogen and oxygen atoms in total. The molecule has 0 N–H and O–H groups in total. The number of ether oxygens (including phenoxy) is 1. The van der Waals surface area contributed by atoms with E-state index in [9.17, 15) is 13.2 Å². The molecule has 0 saturated carbocycles.